The van der Waals surface area contributed by atoms with Crippen LogP contribution < -0.4 is 26.2 Å². The summed E-state index contributed by atoms with van der Waals surface area (Å²) in [6.45, 7) is 5.22. The molecule has 0 radical (unpaired) electrons. The maximum Gasteiger partial charge on any atom is 0.223 e. The Bertz CT molecular complexity index is 1170. The van der Waals surface area contributed by atoms with Gasteiger partial charge in [0, 0.05) is 28.9 Å². The number of nitrogens with one attached hydrogen (secondary N) is 4. The topological polar surface area (TPSA) is 74.4 Å². The van der Waals surface area contributed by atoms with Crippen LogP contribution in [0.4, 0.5) is 0 Å². The van der Waals surface area contributed by atoms with Gasteiger partial charge < -0.3 is 10.1 Å². The van der Waals surface area contributed by atoms with E-state index in [1.54, 1.807) is 0 Å². The molecule has 6 nitrogen and oxygen atoms in total. The Hall–Kier alpha value is -2.71. The minimum absolute atomic E-state index is 0.0204. The summed E-state index contributed by atoms with van der Waals surface area (Å²) in [7, 11) is 0. The molecule has 2 fully saturated rings. The first kappa shape index (κ1) is 25.0. The molecule has 0 aromatic heterocycles. The van der Waals surface area contributed by atoms with E-state index in [4.69, 9.17) is 4.74 Å². The standard InChI is InChI=1S/C29H33BrN4O2/c1-3-36-23-14-10-20(11-15-23)25-16-24(29(35)31-17-19-6-4-18(2)5-7-19)26-27(33-34-28(26)32-25)21-8-12-22(30)13-9-21/h4-15,24-28,32-34H,3,16-17H2,1-2H3,(H,31,35). The first-order chi connectivity index (χ1) is 17.5. The van der Waals surface area contributed by atoms with Gasteiger partial charge in [0.2, 0.25) is 5.91 Å². The number of benzene rings is 3. The summed E-state index contributed by atoms with van der Waals surface area (Å²) in [4.78, 5) is 13.7. The quantitative estimate of drug-likeness (QED) is 0.337. The highest BCUT2D eigenvalue weighted by Gasteiger charge is 2.49. The van der Waals surface area contributed by atoms with Crippen LogP contribution in [0.2, 0.25) is 0 Å². The van der Waals surface area contributed by atoms with Gasteiger partial charge in [-0.3, -0.25) is 10.1 Å². The van der Waals surface area contributed by atoms with E-state index in [1.165, 1.54) is 5.56 Å². The van der Waals surface area contributed by atoms with Gasteiger partial charge in [-0.25, -0.2) is 10.9 Å². The first-order valence-electron chi connectivity index (χ1n) is 12.6. The zero-order valence-corrected chi connectivity index (χ0v) is 22.2. The third-order valence-electron chi connectivity index (χ3n) is 7.25. The van der Waals surface area contributed by atoms with Crippen molar-refractivity contribution in [3.63, 3.8) is 0 Å². The van der Waals surface area contributed by atoms with E-state index in [9.17, 15) is 4.79 Å². The number of fused-ring (bicyclic) bond motifs is 1. The second kappa shape index (κ2) is 11.1. The van der Waals surface area contributed by atoms with Gasteiger partial charge in [-0.1, -0.05) is 70.0 Å². The molecule has 0 spiro atoms. The number of hydrogen-bond donors (Lipinski definition) is 4. The molecule has 5 atom stereocenters. The largest absolute Gasteiger partial charge is 0.494 e. The summed E-state index contributed by atoms with van der Waals surface area (Å²) in [5, 5.41) is 6.99. The number of carbonyl (C=O) groups excluding carboxylic acids is 1. The molecule has 0 saturated carbocycles. The summed E-state index contributed by atoms with van der Waals surface area (Å²) >= 11 is 3.53. The van der Waals surface area contributed by atoms with Crippen LogP contribution in [0.25, 0.3) is 0 Å². The molecule has 1 amide bonds. The second-order valence-corrected chi connectivity index (χ2v) is 10.6. The molecule has 5 unspecified atom stereocenters. The number of hydrogen-bond acceptors (Lipinski definition) is 5. The minimum Gasteiger partial charge on any atom is -0.494 e. The Morgan fingerprint density at radius 3 is 2.36 bits per heavy atom. The van der Waals surface area contributed by atoms with Crippen molar-refractivity contribution >= 4 is 21.8 Å². The van der Waals surface area contributed by atoms with Crippen LogP contribution in [0, 0.1) is 18.8 Å². The fourth-order valence-corrected chi connectivity index (χ4v) is 5.62. The smallest absolute Gasteiger partial charge is 0.223 e. The molecular formula is C29H33BrN4O2. The summed E-state index contributed by atoms with van der Waals surface area (Å²) < 4.78 is 6.66. The van der Waals surface area contributed by atoms with Crippen molar-refractivity contribution in [2.75, 3.05) is 6.61 Å². The predicted octanol–water partition coefficient (Wildman–Crippen LogP) is 4.91. The van der Waals surface area contributed by atoms with Crippen molar-refractivity contribution in [3.05, 3.63) is 99.5 Å². The lowest BCUT2D eigenvalue weighted by Gasteiger charge is -2.40. The van der Waals surface area contributed by atoms with E-state index < -0.39 is 0 Å². The van der Waals surface area contributed by atoms with Gasteiger partial charge in [-0.05, 0) is 61.2 Å². The lowest BCUT2D eigenvalue weighted by atomic mass is 9.74. The summed E-state index contributed by atoms with van der Waals surface area (Å²) in [6, 6.07) is 24.9. The molecule has 188 valence electrons. The maximum atomic E-state index is 13.7. The molecular weight excluding hydrogens is 516 g/mol. The SMILES string of the molecule is CCOc1ccc(C2CC(C(=O)NCc3ccc(C)cc3)C3C(NNC3c3ccc(Br)cc3)N2)cc1. The van der Waals surface area contributed by atoms with Crippen molar-refractivity contribution < 1.29 is 9.53 Å². The van der Waals surface area contributed by atoms with Crippen molar-refractivity contribution in [1.82, 2.24) is 21.5 Å². The van der Waals surface area contributed by atoms with Crippen molar-refractivity contribution in [2.24, 2.45) is 11.8 Å². The number of piperidine rings is 1. The van der Waals surface area contributed by atoms with Gasteiger partial charge in [-0.2, -0.15) is 0 Å². The molecule has 3 aromatic rings. The van der Waals surface area contributed by atoms with Crippen molar-refractivity contribution in [2.45, 2.75) is 45.1 Å². The highest BCUT2D eigenvalue weighted by Crippen LogP contribution is 2.42. The Morgan fingerprint density at radius 1 is 0.972 bits per heavy atom. The van der Waals surface area contributed by atoms with Gasteiger partial charge in [0.25, 0.3) is 0 Å². The van der Waals surface area contributed by atoms with Crippen LogP contribution >= 0.6 is 15.9 Å². The van der Waals surface area contributed by atoms with Crippen LogP contribution in [0.3, 0.4) is 0 Å². The van der Waals surface area contributed by atoms with Gasteiger partial charge in [0.05, 0.1) is 18.8 Å². The molecule has 5 rings (SSSR count). The normalized spacial score (nSPS) is 25.2. The van der Waals surface area contributed by atoms with Crippen LogP contribution in [0.1, 0.15) is 47.7 Å². The zero-order chi connectivity index (χ0) is 25.1. The number of aryl methyl sites for hydroxylation is 1. The fourth-order valence-electron chi connectivity index (χ4n) is 5.36. The highest BCUT2D eigenvalue weighted by atomic mass is 79.9. The molecule has 0 aliphatic carbocycles. The van der Waals surface area contributed by atoms with Gasteiger partial charge >= 0.3 is 0 Å². The molecule has 2 saturated heterocycles. The number of halogens is 1. The average Bonchev–Trinajstić information content (AvgIpc) is 3.33. The van der Waals surface area contributed by atoms with Crippen molar-refractivity contribution in [1.29, 1.82) is 0 Å². The van der Waals surface area contributed by atoms with Crippen LogP contribution in [0.15, 0.2) is 77.3 Å². The Morgan fingerprint density at radius 2 is 1.67 bits per heavy atom. The van der Waals surface area contributed by atoms with Crippen molar-refractivity contribution in [3.8, 4) is 5.75 Å². The monoisotopic (exact) mass is 548 g/mol. The summed E-state index contributed by atoms with van der Waals surface area (Å²) in [5.41, 5.74) is 11.5. The number of rotatable bonds is 7. The molecule has 7 heteroatoms. The molecule has 0 bridgehead atoms. The van der Waals surface area contributed by atoms with Crippen LogP contribution in [-0.2, 0) is 11.3 Å². The molecule has 36 heavy (non-hydrogen) atoms. The lowest BCUT2D eigenvalue weighted by molar-refractivity contribution is -0.129. The van der Waals surface area contributed by atoms with E-state index in [1.807, 2.05) is 19.1 Å². The van der Waals surface area contributed by atoms with E-state index in [2.05, 4.69) is 105 Å². The Kier molecular flexibility index (Phi) is 7.72. The molecule has 4 N–H and O–H groups in total. The summed E-state index contributed by atoms with van der Waals surface area (Å²) in [6.07, 6.45) is 0.671. The lowest BCUT2D eigenvalue weighted by Crippen LogP contribution is -2.54. The molecule has 2 aliphatic rings. The fraction of sp³-hybridized carbons (Fsp3) is 0.345. The van der Waals surface area contributed by atoms with Crippen LogP contribution in [-0.4, -0.2) is 18.7 Å². The van der Waals surface area contributed by atoms with E-state index in [0.717, 1.165) is 26.9 Å². The maximum absolute atomic E-state index is 13.7. The van der Waals surface area contributed by atoms with E-state index in [-0.39, 0.29) is 36.0 Å². The first-order valence-corrected chi connectivity index (χ1v) is 13.4. The third kappa shape index (κ3) is 5.49. The number of carbonyl (C=O) groups is 1. The molecule has 2 aliphatic heterocycles. The number of amides is 1. The summed E-state index contributed by atoms with van der Waals surface area (Å²) in [5.74, 6) is 0.839. The zero-order valence-electron chi connectivity index (χ0n) is 20.6. The Labute approximate surface area is 221 Å². The second-order valence-electron chi connectivity index (χ2n) is 9.64. The molecule has 3 aromatic carbocycles. The number of hydrazine groups is 1. The Balaban J connectivity index is 1.38. The predicted molar refractivity (Wildman–Crippen MR) is 145 cm³/mol. The van der Waals surface area contributed by atoms with Gasteiger partial charge in [-0.15, -0.1) is 0 Å². The van der Waals surface area contributed by atoms with Crippen LogP contribution in [0.5, 0.6) is 5.75 Å². The van der Waals surface area contributed by atoms with Gasteiger partial charge in [0.15, 0.2) is 0 Å². The minimum atomic E-state index is -0.172. The van der Waals surface area contributed by atoms with E-state index in [0.29, 0.717) is 19.6 Å². The van der Waals surface area contributed by atoms with E-state index >= 15 is 0 Å². The average molecular weight is 550 g/mol. The highest BCUT2D eigenvalue weighted by molar-refractivity contribution is 9.10. The number of ether oxygens (including phenoxy) is 1. The van der Waals surface area contributed by atoms with Gasteiger partial charge in [0.1, 0.15) is 5.75 Å². The molecule has 2 heterocycles. The third-order valence-corrected chi connectivity index (χ3v) is 7.77.